The fourth-order valence-electron chi connectivity index (χ4n) is 2.04. The Kier molecular flexibility index (Phi) is 7.24. The van der Waals surface area contributed by atoms with Gasteiger partial charge in [-0.2, -0.15) is 0 Å². The molecule has 0 amide bonds. The second-order valence-electron chi connectivity index (χ2n) is 5.75. The number of aldehydes is 1. The largest absolute Gasteiger partial charge is 0.494 e. The molecule has 1 aromatic carbocycles. The standard InChI is InChI=1S/C17H26O2/c1-14(2)5-4-6-15(3)11-12-19-17-9-7-16(13-18)8-10-17/h7-10,13-15H,4-6,11-12H2,1-3H3/t15-/m1/s1. The molecule has 0 saturated carbocycles. The highest BCUT2D eigenvalue weighted by Crippen LogP contribution is 2.17. The van der Waals surface area contributed by atoms with E-state index in [0.29, 0.717) is 11.5 Å². The number of hydrogen-bond acceptors (Lipinski definition) is 2. The topological polar surface area (TPSA) is 26.3 Å². The molecule has 0 aliphatic heterocycles. The van der Waals surface area contributed by atoms with Crippen LogP contribution in [0.3, 0.4) is 0 Å². The van der Waals surface area contributed by atoms with Crippen LogP contribution in [0.25, 0.3) is 0 Å². The molecule has 0 aliphatic rings. The van der Waals surface area contributed by atoms with Gasteiger partial charge in [-0.1, -0.05) is 40.0 Å². The first-order chi connectivity index (χ1) is 9.11. The molecule has 0 unspecified atom stereocenters. The van der Waals surface area contributed by atoms with Gasteiger partial charge in [-0.25, -0.2) is 0 Å². The second kappa shape index (κ2) is 8.73. The van der Waals surface area contributed by atoms with Crippen LogP contribution in [-0.4, -0.2) is 12.9 Å². The first-order valence-corrected chi connectivity index (χ1v) is 7.30. The molecule has 0 N–H and O–H groups in total. The van der Waals surface area contributed by atoms with Gasteiger partial charge in [-0.3, -0.25) is 4.79 Å². The van der Waals surface area contributed by atoms with Gasteiger partial charge in [0.1, 0.15) is 12.0 Å². The van der Waals surface area contributed by atoms with E-state index < -0.39 is 0 Å². The summed E-state index contributed by atoms with van der Waals surface area (Å²) in [6, 6.07) is 7.28. The number of carbonyl (C=O) groups excluding carboxylic acids is 1. The Hall–Kier alpha value is -1.31. The maximum atomic E-state index is 10.5. The Morgan fingerprint density at radius 2 is 1.74 bits per heavy atom. The molecule has 2 nitrogen and oxygen atoms in total. The minimum atomic E-state index is 0.689. The number of benzene rings is 1. The third-order valence-electron chi connectivity index (χ3n) is 3.37. The molecule has 106 valence electrons. The summed E-state index contributed by atoms with van der Waals surface area (Å²) >= 11 is 0. The van der Waals surface area contributed by atoms with Crippen LogP contribution in [0.5, 0.6) is 5.75 Å². The van der Waals surface area contributed by atoms with E-state index in [1.165, 1.54) is 19.3 Å². The number of ether oxygens (including phenoxy) is 1. The molecule has 1 atom stereocenters. The Bertz CT molecular complexity index is 354. The van der Waals surface area contributed by atoms with Crippen LogP contribution in [0.1, 0.15) is 56.8 Å². The highest BCUT2D eigenvalue weighted by atomic mass is 16.5. The SMILES string of the molecule is CC(C)CCC[C@@H](C)CCOc1ccc(C=O)cc1. The van der Waals surface area contributed by atoms with Crippen LogP contribution < -0.4 is 4.74 Å². The summed E-state index contributed by atoms with van der Waals surface area (Å²) in [5, 5.41) is 0. The Balaban J connectivity index is 2.16. The van der Waals surface area contributed by atoms with E-state index in [1.807, 2.05) is 12.1 Å². The van der Waals surface area contributed by atoms with E-state index in [4.69, 9.17) is 4.74 Å². The molecule has 0 fully saturated rings. The average molecular weight is 262 g/mol. The molecule has 0 saturated heterocycles. The van der Waals surface area contributed by atoms with Crippen molar-refractivity contribution < 1.29 is 9.53 Å². The lowest BCUT2D eigenvalue weighted by atomic mass is 9.98. The van der Waals surface area contributed by atoms with Gasteiger partial charge >= 0.3 is 0 Å². The van der Waals surface area contributed by atoms with Crippen LogP contribution in [0.15, 0.2) is 24.3 Å². The van der Waals surface area contributed by atoms with Crippen molar-refractivity contribution in [1.29, 1.82) is 0 Å². The van der Waals surface area contributed by atoms with Crippen molar-refractivity contribution in [2.75, 3.05) is 6.61 Å². The van der Waals surface area contributed by atoms with Crippen molar-refractivity contribution in [3.05, 3.63) is 29.8 Å². The van der Waals surface area contributed by atoms with Gasteiger partial charge < -0.3 is 4.74 Å². The number of rotatable bonds is 9. The Labute approximate surface area is 117 Å². The van der Waals surface area contributed by atoms with Crippen molar-refractivity contribution >= 4 is 6.29 Å². The number of hydrogen-bond donors (Lipinski definition) is 0. The predicted octanol–water partition coefficient (Wildman–Crippen LogP) is 4.73. The van der Waals surface area contributed by atoms with Crippen LogP contribution in [0, 0.1) is 11.8 Å². The summed E-state index contributed by atoms with van der Waals surface area (Å²) in [5.41, 5.74) is 0.689. The van der Waals surface area contributed by atoms with Gasteiger partial charge in [0.15, 0.2) is 0 Å². The lowest BCUT2D eigenvalue weighted by molar-refractivity contribution is 0.112. The summed E-state index contributed by atoms with van der Waals surface area (Å²) in [4.78, 5) is 10.5. The fraction of sp³-hybridized carbons (Fsp3) is 0.588. The molecule has 19 heavy (non-hydrogen) atoms. The van der Waals surface area contributed by atoms with Crippen molar-refractivity contribution in [2.24, 2.45) is 11.8 Å². The van der Waals surface area contributed by atoms with Crippen LogP contribution in [-0.2, 0) is 0 Å². The van der Waals surface area contributed by atoms with E-state index in [1.54, 1.807) is 12.1 Å². The molecule has 1 rings (SSSR count). The third kappa shape index (κ3) is 7.00. The fourth-order valence-corrected chi connectivity index (χ4v) is 2.04. The van der Waals surface area contributed by atoms with E-state index >= 15 is 0 Å². The quantitative estimate of drug-likeness (QED) is 0.601. The van der Waals surface area contributed by atoms with E-state index in [0.717, 1.165) is 31.0 Å². The Morgan fingerprint density at radius 1 is 1.05 bits per heavy atom. The van der Waals surface area contributed by atoms with Crippen LogP contribution in [0.2, 0.25) is 0 Å². The summed E-state index contributed by atoms with van der Waals surface area (Å²) < 4.78 is 5.69. The van der Waals surface area contributed by atoms with Gasteiger partial charge in [-0.05, 0) is 42.5 Å². The highest BCUT2D eigenvalue weighted by molar-refractivity contribution is 5.74. The van der Waals surface area contributed by atoms with E-state index in [9.17, 15) is 4.79 Å². The summed E-state index contributed by atoms with van der Waals surface area (Å²) in [6.07, 6.45) is 5.85. The molecule has 0 aromatic heterocycles. The Morgan fingerprint density at radius 3 is 2.32 bits per heavy atom. The maximum Gasteiger partial charge on any atom is 0.150 e. The third-order valence-corrected chi connectivity index (χ3v) is 3.37. The molecule has 0 bridgehead atoms. The maximum absolute atomic E-state index is 10.5. The molecule has 0 aliphatic carbocycles. The van der Waals surface area contributed by atoms with Gasteiger partial charge in [0.2, 0.25) is 0 Å². The zero-order chi connectivity index (χ0) is 14.1. The highest BCUT2D eigenvalue weighted by Gasteiger charge is 2.04. The zero-order valence-electron chi connectivity index (χ0n) is 12.4. The van der Waals surface area contributed by atoms with Crippen LogP contribution in [0.4, 0.5) is 0 Å². The average Bonchev–Trinajstić information content (AvgIpc) is 2.39. The lowest BCUT2D eigenvalue weighted by Gasteiger charge is -2.13. The molecular formula is C17H26O2. The number of carbonyl (C=O) groups is 1. The first kappa shape index (κ1) is 15.7. The summed E-state index contributed by atoms with van der Waals surface area (Å²) in [6.45, 7) is 7.59. The van der Waals surface area contributed by atoms with E-state index in [2.05, 4.69) is 20.8 Å². The molecule has 0 heterocycles. The van der Waals surface area contributed by atoms with Crippen molar-refractivity contribution in [1.82, 2.24) is 0 Å². The van der Waals surface area contributed by atoms with Crippen LogP contribution >= 0.6 is 0 Å². The lowest BCUT2D eigenvalue weighted by Crippen LogP contribution is -2.04. The zero-order valence-corrected chi connectivity index (χ0v) is 12.4. The van der Waals surface area contributed by atoms with Gasteiger partial charge in [0, 0.05) is 5.56 Å². The normalized spacial score (nSPS) is 12.4. The van der Waals surface area contributed by atoms with Gasteiger partial charge in [-0.15, -0.1) is 0 Å². The summed E-state index contributed by atoms with van der Waals surface area (Å²) in [7, 11) is 0. The smallest absolute Gasteiger partial charge is 0.150 e. The van der Waals surface area contributed by atoms with Crippen molar-refractivity contribution in [2.45, 2.75) is 46.5 Å². The first-order valence-electron chi connectivity index (χ1n) is 7.30. The summed E-state index contributed by atoms with van der Waals surface area (Å²) in [5.74, 6) is 2.37. The monoisotopic (exact) mass is 262 g/mol. The van der Waals surface area contributed by atoms with Gasteiger partial charge in [0.25, 0.3) is 0 Å². The van der Waals surface area contributed by atoms with Crippen molar-refractivity contribution in [3.8, 4) is 5.75 Å². The van der Waals surface area contributed by atoms with E-state index in [-0.39, 0.29) is 0 Å². The molecule has 0 spiro atoms. The molecular weight excluding hydrogens is 236 g/mol. The predicted molar refractivity (Wildman–Crippen MR) is 79.8 cm³/mol. The second-order valence-corrected chi connectivity index (χ2v) is 5.75. The molecule has 2 heteroatoms. The minimum Gasteiger partial charge on any atom is -0.494 e. The molecule has 1 aromatic rings. The molecule has 0 radical (unpaired) electrons. The minimum absolute atomic E-state index is 0.689. The van der Waals surface area contributed by atoms with Gasteiger partial charge in [0.05, 0.1) is 6.61 Å². The van der Waals surface area contributed by atoms with Crippen molar-refractivity contribution in [3.63, 3.8) is 0 Å².